The van der Waals surface area contributed by atoms with Gasteiger partial charge in [0, 0.05) is 26.8 Å². The Morgan fingerprint density at radius 1 is 1.07 bits per heavy atom. The van der Waals surface area contributed by atoms with Gasteiger partial charge in [-0.2, -0.15) is 4.57 Å². The van der Waals surface area contributed by atoms with E-state index in [9.17, 15) is 19.2 Å². The van der Waals surface area contributed by atoms with Crippen molar-refractivity contribution < 1.29 is 59.7 Å². The number of carbonyl (C=O) groups excluding carboxylic acids is 4. The molecule has 154 valence electrons. The summed E-state index contributed by atoms with van der Waals surface area (Å²) >= 11 is 0. The number of esters is 3. The summed E-state index contributed by atoms with van der Waals surface area (Å²) in [7, 11) is 0. The van der Waals surface area contributed by atoms with Gasteiger partial charge in [-0.15, -0.1) is 0 Å². The second-order valence-electron chi connectivity index (χ2n) is 5.92. The van der Waals surface area contributed by atoms with Gasteiger partial charge in [-0.3, -0.25) is 19.2 Å². The van der Waals surface area contributed by atoms with E-state index in [4.69, 9.17) is 24.7 Å². The summed E-state index contributed by atoms with van der Waals surface area (Å²) in [5.41, 5.74) is 5.50. The van der Waals surface area contributed by atoms with Crippen molar-refractivity contribution in [2.24, 2.45) is 5.73 Å². The fraction of sp³-hybridized carbons (Fsp3) is 0.471. The molecule has 0 saturated carbocycles. The molecule has 1 aromatic rings. The summed E-state index contributed by atoms with van der Waals surface area (Å²) in [4.78, 5) is 45.6. The van der Waals surface area contributed by atoms with Crippen LogP contribution in [0.25, 0.3) is 0 Å². The molecule has 1 aliphatic heterocycles. The fourth-order valence-corrected chi connectivity index (χ4v) is 2.73. The highest BCUT2D eigenvalue weighted by molar-refractivity contribution is 5.92. The van der Waals surface area contributed by atoms with Gasteiger partial charge in [-0.05, 0) is 6.07 Å². The first-order valence-electron chi connectivity index (χ1n) is 8.13. The zero-order valence-corrected chi connectivity index (χ0v) is 17.1. The lowest BCUT2D eigenvalue weighted by atomic mass is 10.1. The molecule has 1 aliphatic rings. The van der Waals surface area contributed by atoms with Crippen molar-refractivity contribution in [1.82, 2.24) is 0 Å². The Bertz CT molecular complexity index is 756. The predicted octanol–water partition coefficient (Wildman–Crippen LogP) is -3.60. The smallest absolute Gasteiger partial charge is 0.304 e. The van der Waals surface area contributed by atoms with Crippen LogP contribution in [0.4, 0.5) is 0 Å². The van der Waals surface area contributed by atoms with E-state index in [0.717, 1.165) is 0 Å². The molecule has 1 saturated heterocycles. The van der Waals surface area contributed by atoms with Crippen molar-refractivity contribution >= 4 is 23.8 Å². The van der Waals surface area contributed by atoms with Crippen molar-refractivity contribution in [3.63, 3.8) is 0 Å². The van der Waals surface area contributed by atoms with E-state index in [0.29, 0.717) is 0 Å². The minimum atomic E-state index is -1.03. The fourth-order valence-electron chi connectivity index (χ4n) is 2.73. The summed E-state index contributed by atoms with van der Waals surface area (Å²) in [6.07, 6.45) is -0.856. The molecule has 0 spiro atoms. The summed E-state index contributed by atoms with van der Waals surface area (Å²) in [5.74, 6) is -2.44. The number of nitrogens with zero attached hydrogens (tertiary/aromatic N) is 1. The van der Waals surface area contributed by atoms with Crippen LogP contribution >= 0.6 is 0 Å². The van der Waals surface area contributed by atoms with Crippen LogP contribution in [0.1, 0.15) is 37.4 Å². The molecule has 1 fully saturated rings. The average Bonchev–Trinajstić information content (AvgIpc) is 2.89. The van der Waals surface area contributed by atoms with E-state index in [1.165, 1.54) is 37.6 Å². The molecule has 0 aliphatic carbocycles. The molecule has 4 atom stereocenters. The highest BCUT2D eigenvalue weighted by atomic mass is 79.9. The number of hydrogen-bond donors (Lipinski definition) is 1. The molecular formula is C17H21BrN2O8. The van der Waals surface area contributed by atoms with Crippen LogP contribution in [0, 0.1) is 0 Å². The first kappa shape index (κ1) is 23.5. The Morgan fingerprint density at radius 3 is 2.21 bits per heavy atom. The van der Waals surface area contributed by atoms with Crippen molar-refractivity contribution in [2.75, 3.05) is 6.61 Å². The number of halogens is 1. The molecule has 1 amide bonds. The van der Waals surface area contributed by atoms with Crippen LogP contribution in [0.2, 0.25) is 0 Å². The molecule has 0 unspecified atom stereocenters. The quantitative estimate of drug-likeness (QED) is 0.261. The second kappa shape index (κ2) is 10.1. The number of primary amides is 1. The van der Waals surface area contributed by atoms with Gasteiger partial charge in [-0.25, -0.2) is 0 Å². The Labute approximate surface area is 171 Å². The summed E-state index contributed by atoms with van der Waals surface area (Å²) < 4.78 is 22.8. The lowest BCUT2D eigenvalue weighted by Gasteiger charge is -2.21. The summed E-state index contributed by atoms with van der Waals surface area (Å²) in [6, 6.07) is 3.07. The molecule has 0 bridgehead atoms. The number of aromatic nitrogens is 1. The Kier molecular flexibility index (Phi) is 8.51. The molecule has 10 nitrogen and oxygen atoms in total. The molecule has 1 aromatic heterocycles. The third-order valence-corrected chi connectivity index (χ3v) is 3.74. The first-order chi connectivity index (χ1) is 12.7. The van der Waals surface area contributed by atoms with Gasteiger partial charge >= 0.3 is 24.1 Å². The SMILES string of the molecule is CC(=O)OC[C@H]1O[C@@H]([n+]2cccc(C(N)=O)c2)[C@H](OC(C)=O)[C@@H]1OC(C)=O.[Br-]. The molecule has 0 aromatic carbocycles. The van der Waals surface area contributed by atoms with Crippen molar-refractivity contribution in [1.29, 1.82) is 0 Å². The van der Waals surface area contributed by atoms with Gasteiger partial charge in [0.15, 0.2) is 18.5 Å². The average molecular weight is 461 g/mol. The van der Waals surface area contributed by atoms with E-state index < -0.39 is 48.4 Å². The minimum absolute atomic E-state index is 0. The predicted molar refractivity (Wildman–Crippen MR) is 86.8 cm³/mol. The van der Waals surface area contributed by atoms with E-state index >= 15 is 0 Å². The minimum Gasteiger partial charge on any atom is -1.00 e. The van der Waals surface area contributed by atoms with Crippen LogP contribution in [0.5, 0.6) is 0 Å². The van der Waals surface area contributed by atoms with Gasteiger partial charge in [0.2, 0.25) is 6.10 Å². The van der Waals surface area contributed by atoms with Gasteiger partial charge in [0.25, 0.3) is 5.91 Å². The molecule has 28 heavy (non-hydrogen) atoms. The summed E-state index contributed by atoms with van der Waals surface area (Å²) in [5, 5.41) is 0. The van der Waals surface area contributed by atoms with E-state index in [-0.39, 0.29) is 29.2 Å². The maximum Gasteiger partial charge on any atom is 0.304 e. The lowest BCUT2D eigenvalue weighted by molar-refractivity contribution is -0.765. The van der Waals surface area contributed by atoms with Crippen LogP contribution in [0.3, 0.4) is 0 Å². The molecule has 11 heteroatoms. The van der Waals surface area contributed by atoms with Gasteiger partial charge in [-0.1, -0.05) is 0 Å². The zero-order valence-electron chi connectivity index (χ0n) is 15.5. The number of ether oxygens (including phenoxy) is 4. The highest BCUT2D eigenvalue weighted by Gasteiger charge is 2.54. The Morgan fingerprint density at radius 2 is 1.68 bits per heavy atom. The number of nitrogens with two attached hydrogens (primary N) is 1. The lowest BCUT2D eigenvalue weighted by Crippen LogP contribution is -3.00. The molecule has 2 N–H and O–H groups in total. The maximum atomic E-state index is 11.6. The third-order valence-electron chi connectivity index (χ3n) is 3.74. The van der Waals surface area contributed by atoms with E-state index in [2.05, 4.69) is 0 Å². The van der Waals surface area contributed by atoms with Gasteiger partial charge in [0.05, 0.1) is 0 Å². The van der Waals surface area contributed by atoms with E-state index in [1.54, 1.807) is 12.3 Å². The largest absolute Gasteiger partial charge is 1.00 e. The standard InChI is InChI=1S/C17H20N2O8.BrH/c1-9(20)24-8-13-14(25-10(2)21)15(26-11(3)22)17(27-13)19-6-4-5-12(7-19)16(18)23;/h4-7,13-15,17H,8H2,1-3H3,(H-,18,23);1H/t13-,14-,15-,17-;/m1./s1. The molecular weight excluding hydrogens is 440 g/mol. The van der Waals surface area contributed by atoms with Crippen LogP contribution < -0.4 is 27.3 Å². The molecule has 0 radical (unpaired) electrons. The van der Waals surface area contributed by atoms with Gasteiger partial charge < -0.3 is 41.7 Å². The number of rotatable bonds is 6. The van der Waals surface area contributed by atoms with E-state index in [1.807, 2.05) is 0 Å². The molecule has 2 rings (SSSR count). The third kappa shape index (κ3) is 5.99. The van der Waals surface area contributed by atoms with Crippen molar-refractivity contribution in [3.8, 4) is 0 Å². The van der Waals surface area contributed by atoms with Crippen LogP contribution in [0.15, 0.2) is 24.5 Å². The van der Waals surface area contributed by atoms with Crippen LogP contribution in [-0.4, -0.2) is 48.7 Å². The zero-order chi connectivity index (χ0) is 20.1. The maximum absolute atomic E-state index is 11.6. The normalized spacial score (nSPS) is 23.2. The number of amides is 1. The van der Waals surface area contributed by atoms with Crippen molar-refractivity contribution in [2.45, 2.75) is 45.3 Å². The highest BCUT2D eigenvalue weighted by Crippen LogP contribution is 2.31. The topological polar surface area (TPSA) is 135 Å². The second-order valence-corrected chi connectivity index (χ2v) is 5.92. The monoisotopic (exact) mass is 460 g/mol. The first-order valence-corrected chi connectivity index (χ1v) is 8.13. The number of hydrogen-bond acceptors (Lipinski definition) is 8. The summed E-state index contributed by atoms with van der Waals surface area (Å²) in [6.45, 7) is 3.41. The van der Waals surface area contributed by atoms with Gasteiger partial charge in [0.1, 0.15) is 18.3 Å². The number of pyridine rings is 1. The van der Waals surface area contributed by atoms with Crippen LogP contribution in [-0.2, 0) is 33.3 Å². The molecule has 2 heterocycles. The Hall–Kier alpha value is -2.53. The van der Waals surface area contributed by atoms with Crippen molar-refractivity contribution in [3.05, 3.63) is 30.1 Å². The number of carbonyl (C=O) groups is 4. The Balaban J connectivity index is 0.00000392.